The van der Waals surface area contributed by atoms with E-state index in [0.717, 1.165) is 40.6 Å². The Morgan fingerprint density at radius 1 is 1.31 bits per heavy atom. The number of hydrogen-bond acceptors (Lipinski definition) is 6. The van der Waals surface area contributed by atoms with Gasteiger partial charge in [-0.05, 0) is 27.9 Å². The fourth-order valence-electron chi connectivity index (χ4n) is 3.95. The summed E-state index contributed by atoms with van der Waals surface area (Å²) in [6.07, 6.45) is 6.99. The third-order valence-electron chi connectivity index (χ3n) is 5.41. The Kier molecular flexibility index (Phi) is 5.54. The molecule has 32 heavy (non-hydrogen) atoms. The van der Waals surface area contributed by atoms with Crippen molar-refractivity contribution in [3.8, 4) is 5.75 Å². The van der Waals surface area contributed by atoms with Crippen LogP contribution in [0.25, 0.3) is 11.0 Å². The van der Waals surface area contributed by atoms with Crippen LogP contribution >= 0.6 is 15.9 Å². The molecule has 3 aromatic heterocycles. The number of rotatable bonds is 5. The standard InChI is InChI=1S/C22H22BrN7O2/c23-17-9-25-21-19(20(17)29-7-6-15(24)12-29)18(10-26-21)28-22(31)32-16-8-27-30(13-16)11-14-4-2-1-3-5-14/h1-5,8-10,13,15H,6-7,11-12,24H2,(H,25,26)(H,28,31)/t15-/m1/s1. The first kappa shape index (κ1) is 20.5. The Labute approximate surface area is 192 Å². The number of pyridine rings is 1. The molecule has 0 radical (unpaired) electrons. The highest BCUT2D eigenvalue weighted by Gasteiger charge is 2.25. The summed E-state index contributed by atoms with van der Waals surface area (Å²) in [5.74, 6) is 0.364. The third kappa shape index (κ3) is 4.19. The number of aromatic nitrogens is 4. The molecule has 164 valence electrons. The van der Waals surface area contributed by atoms with E-state index in [1.807, 2.05) is 30.3 Å². The number of H-pyrrole nitrogens is 1. The van der Waals surface area contributed by atoms with Crippen LogP contribution in [0.3, 0.4) is 0 Å². The summed E-state index contributed by atoms with van der Waals surface area (Å²) in [5, 5.41) is 7.90. The number of fused-ring (bicyclic) bond motifs is 1. The Bertz CT molecular complexity index is 1250. The molecule has 4 aromatic rings. The SMILES string of the molecule is N[C@@H]1CCN(c2c(Br)cnc3[nH]cc(NC(=O)Oc4cnn(Cc5ccccc5)c4)c23)C1. The molecule has 0 saturated carbocycles. The normalized spacial score (nSPS) is 15.9. The van der Waals surface area contributed by atoms with E-state index in [1.165, 1.54) is 6.20 Å². The van der Waals surface area contributed by atoms with E-state index >= 15 is 0 Å². The highest BCUT2D eigenvalue weighted by molar-refractivity contribution is 9.10. The average molecular weight is 496 g/mol. The predicted molar refractivity (Wildman–Crippen MR) is 126 cm³/mol. The van der Waals surface area contributed by atoms with Gasteiger partial charge in [-0.15, -0.1) is 0 Å². The monoisotopic (exact) mass is 495 g/mol. The van der Waals surface area contributed by atoms with Crippen molar-refractivity contribution in [2.45, 2.75) is 19.0 Å². The van der Waals surface area contributed by atoms with Crippen molar-refractivity contribution in [1.29, 1.82) is 0 Å². The van der Waals surface area contributed by atoms with E-state index in [9.17, 15) is 4.79 Å². The summed E-state index contributed by atoms with van der Waals surface area (Å²) in [5.41, 5.74) is 9.44. The lowest BCUT2D eigenvalue weighted by molar-refractivity contribution is 0.215. The summed E-state index contributed by atoms with van der Waals surface area (Å²) < 4.78 is 8.02. The van der Waals surface area contributed by atoms with Gasteiger partial charge in [-0.2, -0.15) is 5.10 Å². The smallest absolute Gasteiger partial charge is 0.407 e. The molecule has 4 heterocycles. The lowest BCUT2D eigenvalue weighted by Crippen LogP contribution is -2.26. The lowest BCUT2D eigenvalue weighted by atomic mass is 10.2. The van der Waals surface area contributed by atoms with Gasteiger partial charge < -0.3 is 20.4 Å². The van der Waals surface area contributed by atoms with Crippen LogP contribution < -0.4 is 20.7 Å². The van der Waals surface area contributed by atoms with Crippen molar-refractivity contribution in [2.75, 3.05) is 23.3 Å². The van der Waals surface area contributed by atoms with E-state index in [-0.39, 0.29) is 6.04 Å². The molecule has 0 bridgehead atoms. The van der Waals surface area contributed by atoms with Gasteiger partial charge in [-0.25, -0.2) is 9.78 Å². The Morgan fingerprint density at radius 2 is 2.16 bits per heavy atom. The molecule has 4 N–H and O–H groups in total. The average Bonchev–Trinajstić information content (AvgIpc) is 3.50. The van der Waals surface area contributed by atoms with Crippen molar-refractivity contribution >= 4 is 44.4 Å². The van der Waals surface area contributed by atoms with Crippen LogP contribution in [0.15, 0.2) is 59.6 Å². The third-order valence-corrected chi connectivity index (χ3v) is 5.99. The summed E-state index contributed by atoms with van der Waals surface area (Å²) in [6, 6.07) is 10.1. The highest BCUT2D eigenvalue weighted by Crippen LogP contribution is 2.39. The van der Waals surface area contributed by atoms with Crippen molar-refractivity contribution in [2.24, 2.45) is 5.73 Å². The van der Waals surface area contributed by atoms with Crippen molar-refractivity contribution in [3.63, 3.8) is 0 Å². The topological polar surface area (TPSA) is 114 Å². The number of nitrogens with one attached hydrogen (secondary N) is 2. The van der Waals surface area contributed by atoms with Gasteiger partial charge in [0.1, 0.15) is 5.65 Å². The molecule has 0 unspecified atom stereocenters. The van der Waals surface area contributed by atoms with Gasteiger partial charge in [0, 0.05) is 31.5 Å². The van der Waals surface area contributed by atoms with Gasteiger partial charge in [0.05, 0.1) is 40.2 Å². The lowest BCUT2D eigenvalue weighted by Gasteiger charge is -2.21. The van der Waals surface area contributed by atoms with Crippen LogP contribution in [0, 0.1) is 0 Å². The number of carbonyl (C=O) groups excluding carboxylic acids is 1. The summed E-state index contributed by atoms with van der Waals surface area (Å²) >= 11 is 3.60. The van der Waals surface area contributed by atoms with E-state index in [1.54, 1.807) is 23.3 Å². The number of ether oxygens (including phenoxy) is 1. The second kappa shape index (κ2) is 8.64. The van der Waals surface area contributed by atoms with Gasteiger partial charge in [0.25, 0.3) is 0 Å². The maximum Gasteiger partial charge on any atom is 0.417 e. The Balaban J connectivity index is 1.33. The van der Waals surface area contributed by atoms with E-state index in [2.05, 4.69) is 41.2 Å². The number of halogens is 1. The number of carbonyl (C=O) groups is 1. The molecule has 1 aromatic carbocycles. The minimum atomic E-state index is -0.603. The summed E-state index contributed by atoms with van der Waals surface area (Å²) in [6.45, 7) is 2.18. The van der Waals surface area contributed by atoms with Crippen LogP contribution in [0.4, 0.5) is 16.2 Å². The molecule has 1 amide bonds. The molecule has 5 rings (SSSR count). The van der Waals surface area contributed by atoms with Crippen molar-refractivity contribution in [3.05, 3.63) is 65.2 Å². The molecule has 0 aliphatic carbocycles. The molecular formula is C22H22BrN7O2. The molecule has 1 saturated heterocycles. The first-order valence-electron chi connectivity index (χ1n) is 10.3. The molecule has 10 heteroatoms. The number of anilines is 2. The van der Waals surface area contributed by atoms with E-state index in [0.29, 0.717) is 23.6 Å². The molecule has 1 aliphatic rings. The Morgan fingerprint density at radius 3 is 2.94 bits per heavy atom. The molecular weight excluding hydrogens is 474 g/mol. The largest absolute Gasteiger partial charge is 0.417 e. The molecule has 1 fully saturated rings. The van der Waals surface area contributed by atoms with Gasteiger partial charge >= 0.3 is 6.09 Å². The number of aromatic amines is 1. The molecule has 1 atom stereocenters. The van der Waals surface area contributed by atoms with Gasteiger partial charge in [0.2, 0.25) is 0 Å². The molecule has 0 spiro atoms. The number of benzene rings is 1. The first-order valence-corrected chi connectivity index (χ1v) is 11.1. The maximum absolute atomic E-state index is 12.6. The number of nitrogens with zero attached hydrogens (tertiary/aromatic N) is 4. The minimum absolute atomic E-state index is 0.123. The predicted octanol–water partition coefficient (Wildman–Crippen LogP) is 3.72. The highest BCUT2D eigenvalue weighted by atomic mass is 79.9. The quantitative estimate of drug-likeness (QED) is 0.388. The summed E-state index contributed by atoms with van der Waals surface area (Å²) in [7, 11) is 0. The van der Waals surface area contributed by atoms with Crippen LogP contribution in [-0.4, -0.2) is 45.0 Å². The van der Waals surface area contributed by atoms with Crippen LogP contribution in [0.5, 0.6) is 5.75 Å². The van der Waals surface area contributed by atoms with Gasteiger partial charge in [-0.3, -0.25) is 10.00 Å². The maximum atomic E-state index is 12.6. The van der Waals surface area contributed by atoms with E-state index < -0.39 is 6.09 Å². The zero-order chi connectivity index (χ0) is 22.1. The van der Waals surface area contributed by atoms with Crippen molar-refractivity contribution < 1.29 is 9.53 Å². The minimum Gasteiger partial charge on any atom is -0.407 e. The zero-order valence-electron chi connectivity index (χ0n) is 17.2. The van der Waals surface area contributed by atoms with Crippen LogP contribution in [0.1, 0.15) is 12.0 Å². The van der Waals surface area contributed by atoms with Gasteiger partial charge in [-0.1, -0.05) is 30.3 Å². The molecule has 9 nitrogen and oxygen atoms in total. The van der Waals surface area contributed by atoms with Crippen LogP contribution in [0.2, 0.25) is 0 Å². The summed E-state index contributed by atoms with van der Waals surface area (Å²) in [4.78, 5) is 22.4. The second-order valence-corrected chi connectivity index (χ2v) is 8.60. The Hall–Kier alpha value is -3.37. The number of amides is 1. The van der Waals surface area contributed by atoms with Crippen molar-refractivity contribution in [1.82, 2.24) is 19.7 Å². The fourth-order valence-corrected chi connectivity index (χ4v) is 4.50. The molecule has 1 aliphatic heterocycles. The van der Waals surface area contributed by atoms with Gasteiger partial charge in [0.15, 0.2) is 5.75 Å². The van der Waals surface area contributed by atoms with Crippen LogP contribution in [-0.2, 0) is 6.54 Å². The number of nitrogens with two attached hydrogens (primary N) is 1. The number of hydrogen-bond donors (Lipinski definition) is 3. The first-order chi connectivity index (χ1) is 15.6. The fraction of sp³-hybridized carbons (Fsp3) is 0.227. The zero-order valence-corrected chi connectivity index (χ0v) is 18.7. The second-order valence-electron chi connectivity index (χ2n) is 7.75. The van der Waals surface area contributed by atoms with E-state index in [4.69, 9.17) is 10.5 Å².